The van der Waals surface area contributed by atoms with E-state index in [1.54, 1.807) is 24.8 Å². The summed E-state index contributed by atoms with van der Waals surface area (Å²) in [5, 5.41) is 1.90. The molecule has 2 aliphatic rings. The number of para-hydroxylation sites is 1. The summed E-state index contributed by atoms with van der Waals surface area (Å²) in [6.45, 7) is 7.79. The van der Waals surface area contributed by atoms with Gasteiger partial charge in [-0.1, -0.05) is 41.7 Å². The van der Waals surface area contributed by atoms with E-state index in [4.69, 9.17) is 4.74 Å². The van der Waals surface area contributed by atoms with Gasteiger partial charge in [0.25, 0.3) is 11.5 Å². The number of hydrogen-bond acceptors (Lipinski definition) is 7. The predicted octanol–water partition coefficient (Wildman–Crippen LogP) is 2.76. The Morgan fingerprint density at radius 3 is 2.74 bits per heavy atom. The third-order valence-corrected chi connectivity index (χ3v) is 7.75. The van der Waals surface area contributed by atoms with Crippen LogP contribution in [-0.2, 0) is 14.3 Å². The Morgan fingerprint density at radius 1 is 1.24 bits per heavy atom. The largest absolute Gasteiger partial charge is 0.463 e. The number of rotatable bonds is 5. The number of nitrogens with zero attached hydrogens (tertiary/aromatic N) is 3. The lowest BCUT2D eigenvalue weighted by Gasteiger charge is -2.23. The maximum absolute atomic E-state index is 13.9. The molecule has 1 amide bonds. The fraction of sp³-hybridized carbons (Fsp3) is 0.200. The SMILES string of the molecule is C=CCN1C(=O)/C(=c2\sc3n(c2=O)C(c2cccs2)C(C(=O)OCC)=C(C)N=3)c2ccccc21. The van der Waals surface area contributed by atoms with E-state index in [1.165, 1.54) is 27.2 Å². The van der Waals surface area contributed by atoms with E-state index in [-0.39, 0.29) is 18.1 Å². The molecule has 172 valence electrons. The fourth-order valence-electron chi connectivity index (χ4n) is 4.37. The summed E-state index contributed by atoms with van der Waals surface area (Å²) in [6, 6.07) is 10.5. The van der Waals surface area contributed by atoms with Crippen LogP contribution < -0.4 is 19.8 Å². The lowest BCUT2D eigenvalue weighted by Crippen LogP contribution is -2.40. The molecule has 0 saturated heterocycles. The van der Waals surface area contributed by atoms with Gasteiger partial charge in [0.15, 0.2) is 4.80 Å². The number of anilines is 1. The molecule has 7 nitrogen and oxygen atoms in total. The molecule has 34 heavy (non-hydrogen) atoms. The van der Waals surface area contributed by atoms with E-state index in [1.807, 2.05) is 41.8 Å². The first-order valence-corrected chi connectivity index (χ1v) is 12.4. The third-order valence-electron chi connectivity index (χ3n) is 5.77. The number of carbonyl (C=O) groups is 2. The molecule has 2 aromatic heterocycles. The van der Waals surface area contributed by atoms with Gasteiger partial charge in [-0.3, -0.25) is 14.2 Å². The summed E-state index contributed by atoms with van der Waals surface area (Å²) >= 11 is 2.62. The topological polar surface area (TPSA) is 81.0 Å². The number of thiophene rings is 1. The molecule has 1 aromatic carbocycles. The molecule has 0 spiro atoms. The fourth-order valence-corrected chi connectivity index (χ4v) is 6.33. The lowest BCUT2D eigenvalue weighted by molar-refractivity contribution is -0.139. The second-order valence-corrected chi connectivity index (χ2v) is 9.69. The van der Waals surface area contributed by atoms with E-state index in [0.29, 0.717) is 38.3 Å². The van der Waals surface area contributed by atoms with Crippen LogP contribution in [0.2, 0.25) is 0 Å². The number of aromatic nitrogens is 1. The molecule has 0 N–H and O–H groups in total. The van der Waals surface area contributed by atoms with Crippen molar-refractivity contribution < 1.29 is 14.3 Å². The van der Waals surface area contributed by atoms with Gasteiger partial charge in [0.1, 0.15) is 10.6 Å². The molecule has 0 radical (unpaired) electrons. The molecular weight excluding hydrogens is 470 g/mol. The summed E-state index contributed by atoms with van der Waals surface area (Å²) in [5.74, 6) is -0.750. The van der Waals surface area contributed by atoms with Gasteiger partial charge in [-0.2, -0.15) is 0 Å². The molecule has 0 bridgehead atoms. The van der Waals surface area contributed by atoms with Crippen molar-refractivity contribution >= 4 is 45.8 Å². The number of thiazole rings is 1. The van der Waals surface area contributed by atoms with Crippen LogP contribution >= 0.6 is 22.7 Å². The van der Waals surface area contributed by atoms with Crippen LogP contribution in [0.25, 0.3) is 5.57 Å². The Hall–Kier alpha value is -3.56. The summed E-state index contributed by atoms with van der Waals surface area (Å²) in [6.07, 6.45) is 1.66. The summed E-state index contributed by atoms with van der Waals surface area (Å²) in [4.78, 5) is 47.7. The molecule has 2 aliphatic heterocycles. The predicted molar refractivity (Wildman–Crippen MR) is 133 cm³/mol. The standard InChI is InChI=1S/C25H21N3O4S2/c1-4-12-27-16-10-7-6-9-15(16)19(22(27)29)21-23(30)28-20(17-11-8-13-33-17)18(24(31)32-5-2)14(3)26-25(28)34-21/h4,6-11,13,20H,1,5,12H2,2-3H3/b21-19-. The van der Waals surface area contributed by atoms with Crippen molar-refractivity contribution in [3.63, 3.8) is 0 Å². The van der Waals surface area contributed by atoms with E-state index < -0.39 is 12.0 Å². The Balaban J connectivity index is 1.81. The van der Waals surface area contributed by atoms with E-state index in [0.717, 1.165) is 10.6 Å². The minimum atomic E-state index is -0.666. The Labute approximate surface area is 203 Å². The molecular formula is C25H21N3O4S2. The van der Waals surface area contributed by atoms with Crippen LogP contribution in [0.5, 0.6) is 0 Å². The zero-order chi connectivity index (χ0) is 24.0. The molecule has 5 rings (SSSR count). The first kappa shape index (κ1) is 22.2. The average Bonchev–Trinajstić information content (AvgIpc) is 3.52. The van der Waals surface area contributed by atoms with Crippen molar-refractivity contribution in [1.29, 1.82) is 0 Å². The van der Waals surface area contributed by atoms with E-state index >= 15 is 0 Å². The molecule has 1 unspecified atom stereocenters. The van der Waals surface area contributed by atoms with Crippen LogP contribution in [0.4, 0.5) is 5.69 Å². The van der Waals surface area contributed by atoms with E-state index in [9.17, 15) is 14.4 Å². The molecule has 0 saturated carbocycles. The van der Waals surface area contributed by atoms with Gasteiger partial charge in [0.05, 0.1) is 29.1 Å². The van der Waals surface area contributed by atoms with Gasteiger partial charge in [0.2, 0.25) is 0 Å². The van der Waals surface area contributed by atoms with Crippen LogP contribution in [0.1, 0.15) is 30.3 Å². The maximum atomic E-state index is 13.9. The van der Waals surface area contributed by atoms with Gasteiger partial charge in [0, 0.05) is 17.0 Å². The number of carbonyl (C=O) groups excluding carboxylic acids is 2. The summed E-state index contributed by atoms with van der Waals surface area (Å²) in [7, 11) is 0. The van der Waals surface area contributed by atoms with Crippen molar-refractivity contribution in [2.24, 2.45) is 4.99 Å². The molecule has 4 heterocycles. The Bertz CT molecular complexity index is 1540. The number of amides is 1. The number of benzene rings is 1. The van der Waals surface area contributed by atoms with Crippen LogP contribution in [0.3, 0.4) is 0 Å². The van der Waals surface area contributed by atoms with Crippen molar-refractivity contribution in [1.82, 2.24) is 4.57 Å². The monoisotopic (exact) mass is 491 g/mol. The van der Waals surface area contributed by atoms with Crippen molar-refractivity contribution in [2.75, 3.05) is 18.1 Å². The van der Waals surface area contributed by atoms with Crippen molar-refractivity contribution in [3.05, 3.63) is 95.8 Å². The smallest absolute Gasteiger partial charge is 0.338 e. The summed E-state index contributed by atoms with van der Waals surface area (Å²) < 4.78 is 7.13. The number of allylic oxidation sites excluding steroid dienone is 1. The van der Waals surface area contributed by atoms with Crippen LogP contribution in [0.15, 0.2) is 75.5 Å². The van der Waals surface area contributed by atoms with Crippen molar-refractivity contribution in [2.45, 2.75) is 19.9 Å². The van der Waals surface area contributed by atoms with Gasteiger partial charge < -0.3 is 9.64 Å². The summed E-state index contributed by atoms with van der Waals surface area (Å²) in [5.41, 5.74) is 2.28. The Kier molecular flexibility index (Phi) is 5.66. The van der Waals surface area contributed by atoms with Gasteiger partial charge in [-0.05, 0) is 31.4 Å². The normalized spacial score (nSPS) is 18.5. The zero-order valence-electron chi connectivity index (χ0n) is 18.6. The maximum Gasteiger partial charge on any atom is 0.338 e. The minimum absolute atomic E-state index is 0.214. The molecule has 9 heteroatoms. The number of hydrogen-bond donors (Lipinski definition) is 0. The van der Waals surface area contributed by atoms with Crippen molar-refractivity contribution in [3.8, 4) is 0 Å². The number of ether oxygens (including phenoxy) is 1. The highest BCUT2D eigenvalue weighted by Crippen LogP contribution is 2.36. The van der Waals surface area contributed by atoms with Gasteiger partial charge >= 0.3 is 5.97 Å². The van der Waals surface area contributed by atoms with Gasteiger partial charge in [-0.15, -0.1) is 17.9 Å². The third kappa shape index (κ3) is 3.31. The highest BCUT2D eigenvalue weighted by Gasteiger charge is 2.37. The average molecular weight is 492 g/mol. The zero-order valence-corrected chi connectivity index (χ0v) is 20.2. The highest BCUT2D eigenvalue weighted by molar-refractivity contribution is 7.10. The Morgan fingerprint density at radius 2 is 2.03 bits per heavy atom. The number of esters is 1. The van der Waals surface area contributed by atoms with Gasteiger partial charge in [-0.25, -0.2) is 9.79 Å². The highest BCUT2D eigenvalue weighted by atomic mass is 32.1. The lowest BCUT2D eigenvalue weighted by atomic mass is 10.0. The second kappa shape index (κ2) is 8.66. The molecule has 1 atom stereocenters. The van der Waals surface area contributed by atoms with E-state index in [2.05, 4.69) is 11.6 Å². The number of fused-ring (bicyclic) bond motifs is 2. The molecule has 0 aliphatic carbocycles. The quantitative estimate of drug-likeness (QED) is 0.406. The first-order valence-electron chi connectivity index (χ1n) is 10.8. The molecule has 3 aromatic rings. The molecule has 0 fully saturated rings. The van der Waals surface area contributed by atoms with Crippen LogP contribution in [0, 0.1) is 0 Å². The first-order chi connectivity index (χ1) is 16.5. The minimum Gasteiger partial charge on any atom is -0.463 e. The second-order valence-electron chi connectivity index (χ2n) is 7.73. The van der Waals surface area contributed by atoms with Crippen LogP contribution in [-0.4, -0.2) is 29.6 Å².